The summed E-state index contributed by atoms with van der Waals surface area (Å²) in [5.41, 5.74) is 6.77. The van der Waals surface area contributed by atoms with Crippen LogP contribution in [0.4, 0.5) is 0 Å². The van der Waals surface area contributed by atoms with Crippen molar-refractivity contribution in [3.8, 4) is 5.75 Å². The van der Waals surface area contributed by atoms with Gasteiger partial charge < -0.3 is 15.4 Å². The molecule has 19 heavy (non-hydrogen) atoms. The molecule has 102 valence electrons. The van der Waals surface area contributed by atoms with E-state index in [9.17, 15) is 4.79 Å². The molecule has 1 aromatic carbocycles. The van der Waals surface area contributed by atoms with Crippen LogP contribution in [0.15, 0.2) is 30.3 Å². The van der Waals surface area contributed by atoms with E-state index in [0.717, 1.165) is 24.3 Å². The first-order valence-corrected chi connectivity index (χ1v) is 6.64. The normalized spacial score (nSPS) is 19.1. The van der Waals surface area contributed by atoms with Gasteiger partial charge in [-0.3, -0.25) is 4.79 Å². The molecule has 1 amide bonds. The zero-order chi connectivity index (χ0) is 13.7. The zero-order valence-electron chi connectivity index (χ0n) is 11.2. The van der Waals surface area contributed by atoms with Crippen molar-refractivity contribution in [3.63, 3.8) is 0 Å². The molecule has 4 nitrogen and oxygen atoms in total. The maximum Gasteiger partial charge on any atom is 0.246 e. The number of carbonyl (C=O) groups is 1. The van der Waals surface area contributed by atoms with Gasteiger partial charge in [0.1, 0.15) is 5.75 Å². The predicted molar refractivity (Wildman–Crippen MR) is 75.8 cm³/mol. The summed E-state index contributed by atoms with van der Waals surface area (Å²) < 4.78 is 5.37. The van der Waals surface area contributed by atoms with E-state index < -0.39 is 0 Å². The molecule has 0 aliphatic carbocycles. The molecule has 0 radical (unpaired) electrons. The summed E-state index contributed by atoms with van der Waals surface area (Å²) in [7, 11) is 0. The Morgan fingerprint density at radius 3 is 2.79 bits per heavy atom. The highest BCUT2D eigenvalue weighted by Crippen LogP contribution is 2.14. The Morgan fingerprint density at radius 1 is 1.47 bits per heavy atom. The lowest BCUT2D eigenvalue weighted by Crippen LogP contribution is -2.30. The standard InChI is InChI=1S/C15H20N2O2/c1-2-19-14-6-3-12(4-7-14)5-8-15(18)17-10-9-13(16)11-17/h3-8,13H,2,9-11,16H2,1H3/t13-/m1/s1. The van der Waals surface area contributed by atoms with Crippen LogP contribution in [0.1, 0.15) is 18.9 Å². The van der Waals surface area contributed by atoms with Crippen molar-refractivity contribution in [3.05, 3.63) is 35.9 Å². The van der Waals surface area contributed by atoms with E-state index in [0.29, 0.717) is 13.2 Å². The van der Waals surface area contributed by atoms with E-state index >= 15 is 0 Å². The number of hydrogen-bond acceptors (Lipinski definition) is 3. The lowest BCUT2D eigenvalue weighted by Gasteiger charge is -2.12. The van der Waals surface area contributed by atoms with Crippen molar-refractivity contribution in [1.29, 1.82) is 0 Å². The largest absolute Gasteiger partial charge is 0.494 e. The number of rotatable bonds is 4. The van der Waals surface area contributed by atoms with Gasteiger partial charge in [-0.05, 0) is 37.1 Å². The number of hydrogen-bond donors (Lipinski definition) is 1. The van der Waals surface area contributed by atoms with E-state index in [-0.39, 0.29) is 11.9 Å². The topological polar surface area (TPSA) is 55.6 Å². The average molecular weight is 260 g/mol. The van der Waals surface area contributed by atoms with Crippen LogP contribution in [0.25, 0.3) is 6.08 Å². The highest BCUT2D eigenvalue weighted by atomic mass is 16.5. The molecule has 0 saturated carbocycles. The summed E-state index contributed by atoms with van der Waals surface area (Å²) in [6, 6.07) is 7.80. The molecule has 1 saturated heterocycles. The highest BCUT2D eigenvalue weighted by Gasteiger charge is 2.21. The Balaban J connectivity index is 1.92. The fourth-order valence-corrected chi connectivity index (χ4v) is 2.10. The number of ether oxygens (including phenoxy) is 1. The fourth-order valence-electron chi connectivity index (χ4n) is 2.10. The van der Waals surface area contributed by atoms with Crippen molar-refractivity contribution < 1.29 is 9.53 Å². The summed E-state index contributed by atoms with van der Waals surface area (Å²) in [5.74, 6) is 0.873. The minimum absolute atomic E-state index is 0.0295. The monoisotopic (exact) mass is 260 g/mol. The fraction of sp³-hybridized carbons (Fsp3) is 0.400. The molecular weight excluding hydrogens is 240 g/mol. The van der Waals surface area contributed by atoms with Crippen LogP contribution in [0, 0.1) is 0 Å². The molecule has 4 heteroatoms. The molecule has 1 fully saturated rings. The van der Waals surface area contributed by atoms with Gasteiger partial charge in [0.15, 0.2) is 0 Å². The van der Waals surface area contributed by atoms with Crippen molar-refractivity contribution >= 4 is 12.0 Å². The number of likely N-dealkylation sites (tertiary alicyclic amines) is 1. The van der Waals surface area contributed by atoms with Gasteiger partial charge in [0.25, 0.3) is 0 Å². The van der Waals surface area contributed by atoms with Crippen molar-refractivity contribution in [2.24, 2.45) is 5.73 Å². The van der Waals surface area contributed by atoms with Crippen LogP contribution in [0.3, 0.4) is 0 Å². The SMILES string of the molecule is CCOc1ccc(C=CC(=O)N2CC[C@@H](N)C2)cc1. The maximum atomic E-state index is 11.9. The maximum absolute atomic E-state index is 11.9. The minimum Gasteiger partial charge on any atom is -0.494 e. The van der Waals surface area contributed by atoms with E-state index in [1.165, 1.54) is 0 Å². The zero-order valence-corrected chi connectivity index (χ0v) is 11.2. The van der Waals surface area contributed by atoms with Crippen LogP contribution in [0.5, 0.6) is 5.75 Å². The van der Waals surface area contributed by atoms with Gasteiger partial charge in [0.05, 0.1) is 6.61 Å². The van der Waals surface area contributed by atoms with Gasteiger partial charge in [-0.15, -0.1) is 0 Å². The lowest BCUT2D eigenvalue weighted by atomic mass is 10.2. The van der Waals surface area contributed by atoms with Gasteiger partial charge in [-0.2, -0.15) is 0 Å². The summed E-state index contributed by atoms with van der Waals surface area (Å²) in [4.78, 5) is 13.7. The van der Waals surface area contributed by atoms with Crippen molar-refractivity contribution in [2.75, 3.05) is 19.7 Å². The molecule has 2 rings (SSSR count). The summed E-state index contributed by atoms with van der Waals surface area (Å²) in [6.07, 6.45) is 4.32. The third-order valence-corrected chi connectivity index (χ3v) is 3.15. The highest BCUT2D eigenvalue weighted by molar-refractivity contribution is 5.92. The van der Waals surface area contributed by atoms with Gasteiger partial charge in [-0.25, -0.2) is 0 Å². The van der Waals surface area contributed by atoms with Gasteiger partial charge >= 0.3 is 0 Å². The van der Waals surface area contributed by atoms with Crippen LogP contribution in [-0.2, 0) is 4.79 Å². The Hall–Kier alpha value is -1.81. The first-order chi connectivity index (χ1) is 9.19. The smallest absolute Gasteiger partial charge is 0.246 e. The van der Waals surface area contributed by atoms with E-state index in [4.69, 9.17) is 10.5 Å². The molecule has 0 aromatic heterocycles. The number of carbonyl (C=O) groups excluding carboxylic acids is 1. The second-order valence-electron chi connectivity index (χ2n) is 4.67. The van der Waals surface area contributed by atoms with E-state index in [2.05, 4.69) is 0 Å². The molecule has 1 heterocycles. The number of nitrogens with zero attached hydrogens (tertiary/aromatic N) is 1. The summed E-state index contributed by atoms with van der Waals surface area (Å²) >= 11 is 0. The quantitative estimate of drug-likeness (QED) is 0.838. The average Bonchev–Trinajstić information content (AvgIpc) is 2.85. The Labute approximate surface area is 113 Å². The molecule has 1 aliphatic heterocycles. The number of benzene rings is 1. The van der Waals surface area contributed by atoms with Gasteiger partial charge in [0, 0.05) is 25.2 Å². The summed E-state index contributed by atoms with van der Waals surface area (Å²) in [5, 5.41) is 0. The number of amides is 1. The molecule has 1 atom stereocenters. The molecule has 0 bridgehead atoms. The second-order valence-corrected chi connectivity index (χ2v) is 4.67. The van der Waals surface area contributed by atoms with Crippen LogP contribution >= 0.6 is 0 Å². The van der Waals surface area contributed by atoms with Crippen molar-refractivity contribution in [1.82, 2.24) is 4.90 Å². The molecule has 0 spiro atoms. The van der Waals surface area contributed by atoms with Crippen molar-refractivity contribution in [2.45, 2.75) is 19.4 Å². The number of nitrogens with two attached hydrogens (primary N) is 1. The Kier molecular flexibility index (Phi) is 4.58. The molecule has 1 aromatic rings. The first kappa shape index (κ1) is 13.6. The molecule has 0 unspecified atom stereocenters. The lowest BCUT2D eigenvalue weighted by molar-refractivity contribution is -0.124. The third kappa shape index (κ3) is 3.83. The van der Waals surface area contributed by atoms with Crippen LogP contribution < -0.4 is 10.5 Å². The predicted octanol–water partition coefficient (Wildman–Crippen LogP) is 1.66. The van der Waals surface area contributed by atoms with E-state index in [1.807, 2.05) is 37.3 Å². The summed E-state index contributed by atoms with van der Waals surface area (Å²) in [6.45, 7) is 4.02. The van der Waals surface area contributed by atoms with Crippen LogP contribution in [0.2, 0.25) is 0 Å². The van der Waals surface area contributed by atoms with Crippen LogP contribution in [-0.4, -0.2) is 36.5 Å². The third-order valence-electron chi connectivity index (χ3n) is 3.15. The Morgan fingerprint density at radius 2 is 2.21 bits per heavy atom. The van der Waals surface area contributed by atoms with Gasteiger partial charge in [0.2, 0.25) is 5.91 Å². The first-order valence-electron chi connectivity index (χ1n) is 6.64. The van der Waals surface area contributed by atoms with Gasteiger partial charge in [-0.1, -0.05) is 12.1 Å². The molecule has 2 N–H and O–H groups in total. The second kappa shape index (κ2) is 6.38. The molecule has 1 aliphatic rings. The van der Waals surface area contributed by atoms with E-state index in [1.54, 1.807) is 11.0 Å². The minimum atomic E-state index is 0.0295. The Bertz CT molecular complexity index is 454. The molecular formula is C15H20N2O2.